The number of nitrogens with zero attached hydrogens (tertiary/aromatic N) is 4. The van der Waals surface area contributed by atoms with Crippen LogP contribution in [0.1, 0.15) is 0 Å². The van der Waals surface area contributed by atoms with Gasteiger partial charge in [-0.15, -0.1) is 0 Å². The van der Waals surface area contributed by atoms with E-state index in [4.69, 9.17) is 11.6 Å². The predicted octanol–water partition coefficient (Wildman–Crippen LogP) is 2.81. The molecule has 0 saturated carbocycles. The van der Waals surface area contributed by atoms with Gasteiger partial charge in [-0.25, -0.2) is 9.97 Å². The zero-order valence-corrected chi connectivity index (χ0v) is 10.2. The van der Waals surface area contributed by atoms with E-state index in [1.54, 1.807) is 30.1 Å². The minimum atomic E-state index is -0.440. The third-order valence-electron chi connectivity index (χ3n) is 2.39. The van der Waals surface area contributed by atoms with E-state index in [0.29, 0.717) is 16.7 Å². The molecule has 0 unspecified atom stereocenters. The number of nitro benzene ring substituents is 1. The molecule has 1 aromatic carbocycles. The Balaban J connectivity index is 2.36. The molecule has 6 nitrogen and oxygen atoms in total. The van der Waals surface area contributed by atoms with Gasteiger partial charge in [0.2, 0.25) is 0 Å². The Labute approximate surface area is 108 Å². The topological polar surface area (TPSA) is 72.2 Å². The lowest BCUT2D eigenvalue weighted by atomic mass is 10.2. The Morgan fingerprint density at radius 3 is 2.78 bits per heavy atom. The molecule has 0 amide bonds. The van der Waals surface area contributed by atoms with Gasteiger partial charge in [0.1, 0.15) is 17.3 Å². The second kappa shape index (κ2) is 4.97. The summed E-state index contributed by atoms with van der Waals surface area (Å²) in [7, 11) is 1.75. The van der Waals surface area contributed by atoms with Crippen molar-refractivity contribution >= 4 is 28.8 Å². The minimum Gasteiger partial charge on any atom is -0.329 e. The molecule has 0 atom stereocenters. The molecule has 0 aliphatic rings. The van der Waals surface area contributed by atoms with Crippen LogP contribution in [0, 0.1) is 10.1 Å². The third kappa shape index (κ3) is 2.54. The van der Waals surface area contributed by atoms with Crippen molar-refractivity contribution in [3.05, 3.63) is 51.9 Å². The number of anilines is 2. The van der Waals surface area contributed by atoms with Crippen molar-refractivity contribution in [2.24, 2.45) is 0 Å². The number of rotatable bonds is 3. The molecule has 0 fully saturated rings. The van der Waals surface area contributed by atoms with Crippen LogP contribution in [0.5, 0.6) is 0 Å². The summed E-state index contributed by atoms with van der Waals surface area (Å²) in [5.74, 6) is 0.565. The van der Waals surface area contributed by atoms with Crippen molar-refractivity contribution < 1.29 is 4.92 Å². The predicted molar refractivity (Wildman–Crippen MR) is 68.2 cm³/mol. The molecular weight excluding hydrogens is 256 g/mol. The molecule has 1 heterocycles. The summed E-state index contributed by atoms with van der Waals surface area (Å²) in [4.78, 5) is 19.8. The zero-order chi connectivity index (χ0) is 13.1. The van der Waals surface area contributed by atoms with Crippen LogP contribution >= 0.6 is 11.6 Å². The van der Waals surface area contributed by atoms with E-state index in [9.17, 15) is 10.1 Å². The van der Waals surface area contributed by atoms with Crippen LogP contribution < -0.4 is 4.90 Å². The minimum absolute atomic E-state index is 0.0273. The fourth-order valence-electron chi connectivity index (χ4n) is 1.46. The summed E-state index contributed by atoms with van der Waals surface area (Å²) in [6.07, 6.45) is 1.34. The Morgan fingerprint density at radius 2 is 2.11 bits per heavy atom. The van der Waals surface area contributed by atoms with Crippen molar-refractivity contribution in [3.8, 4) is 0 Å². The first kappa shape index (κ1) is 12.3. The van der Waals surface area contributed by atoms with E-state index in [-0.39, 0.29) is 5.69 Å². The summed E-state index contributed by atoms with van der Waals surface area (Å²) in [5, 5.41) is 11.0. The van der Waals surface area contributed by atoms with Crippen molar-refractivity contribution in [2.75, 3.05) is 11.9 Å². The molecule has 18 heavy (non-hydrogen) atoms. The van der Waals surface area contributed by atoms with Gasteiger partial charge in [0.25, 0.3) is 5.69 Å². The van der Waals surface area contributed by atoms with Crippen LogP contribution in [0.2, 0.25) is 5.15 Å². The largest absolute Gasteiger partial charge is 0.329 e. The van der Waals surface area contributed by atoms with E-state index in [1.807, 2.05) is 0 Å². The first-order chi connectivity index (χ1) is 8.58. The molecule has 2 rings (SSSR count). The van der Waals surface area contributed by atoms with E-state index in [2.05, 4.69) is 9.97 Å². The molecule has 7 heteroatoms. The number of non-ortho nitro benzene ring substituents is 1. The lowest BCUT2D eigenvalue weighted by molar-refractivity contribution is -0.384. The molecule has 0 radical (unpaired) electrons. The standard InChI is InChI=1S/C11H9ClN4O2/c1-15(11-6-10(12)13-7-14-11)8-3-2-4-9(5-8)16(17)18/h2-7H,1H3. The van der Waals surface area contributed by atoms with Crippen LogP contribution in [0.25, 0.3) is 0 Å². The lowest BCUT2D eigenvalue weighted by Crippen LogP contribution is -2.11. The second-order valence-corrected chi connectivity index (χ2v) is 3.92. The molecule has 92 valence electrons. The molecule has 1 aromatic heterocycles. The summed E-state index contributed by atoms with van der Waals surface area (Å²) in [6.45, 7) is 0. The Hall–Kier alpha value is -2.21. The maximum Gasteiger partial charge on any atom is 0.271 e. The van der Waals surface area contributed by atoms with Gasteiger partial charge in [0.15, 0.2) is 0 Å². The molecule has 0 spiro atoms. The maximum atomic E-state index is 10.7. The molecule has 0 bridgehead atoms. The van der Waals surface area contributed by atoms with E-state index in [1.165, 1.54) is 18.5 Å². The smallest absolute Gasteiger partial charge is 0.271 e. The monoisotopic (exact) mass is 264 g/mol. The van der Waals surface area contributed by atoms with Crippen LogP contribution in [-0.4, -0.2) is 21.9 Å². The van der Waals surface area contributed by atoms with Gasteiger partial charge in [0, 0.05) is 30.9 Å². The van der Waals surface area contributed by atoms with E-state index >= 15 is 0 Å². The summed E-state index contributed by atoms with van der Waals surface area (Å²) < 4.78 is 0. The fraction of sp³-hybridized carbons (Fsp3) is 0.0909. The van der Waals surface area contributed by atoms with Crippen LogP contribution in [0.4, 0.5) is 17.2 Å². The number of hydrogen-bond donors (Lipinski definition) is 0. The number of benzene rings is 1. The molecule has 0 aliphatic heterocycles. The number of aromatic nitrogens is 2. The number of nitro groups is 1. The Kier molecular flexibility index (Phi) is 3.38. The molecule has 0 N–H and O–H groups in total. The highest BCUT2D eigenvalue weighted by atomic mass is 35.5. The summed E-state index contributed by atoms with van der Waals surface area (Å²) >= 11 is 5.77. The second-order valence-electron chi connectivity index (χ2n) is 3.53. The number of halogens is 1. The van der Waals surface area contributed by atoms with Gasteiger partial charge in [-0.1, -0.05) is 17.7 Å². The molecule has 0 aliphatic carbocycles. The maximum absolute atomic E-state index is 10.7. The number of hydrogen-bond acceptors (Lipinski definition) is 5. The van der Waals surface area contributed by atoms with Crippen molar-refractivity contribution in [1.82, 2.24) is 9.97 Å². The highest BCUT2D eigenvalue weighted by Gasteiger charge is 2.11. The highest BCUT2D eigenvalue weighted by Crippen LogP contribution is 2.25. The van der Waals surface area contributed by atoms with E-state index < -0.39 is 4.92 Å². The van der Waals surface area contributed by atoms with Crippen LogP contribution in [0.3, 0.4) is 0 Å². The van der Waals surface area contributed by atoms with E-state index in [0.717, 1.165) is 0 Å². The van der Waals surface area contributed by atoms with Crippen LogP contribution in [-0.2, 0) is 0 Å². The zero-order valence-electron chi connectivity index (χ0n) is 9.45. The fourth-order valence-corrected chi connectivity index (χ4v) is 1.60. The normalized spacial score (nSPS) is 10.1. The van der Waals surface area contributed by atoms with Crippen molar-refractivity contribution in [3.63, 3.8) is 0 Å². The van der Waals surface area contributed by atoms with Crippen molar-refractivity contribution in [2.45, 2.75) is 0 Å². The Morgan fingerprint density at radius 1 is 1.33 bits per heavy atom. The molecule has 0 saturated heterocycles. The van der Waals surface area contributed by atoms with Crippen LogP contribution in [0.15, 0.2) is 36.7 Å². The van der Waals surface area contributed by atoms with Gasteiger partial charge >= 0.3 is 0 Å². The summed E-state index contributed by atoms with van der Waals surface area (Å²) in [6, 6.07) is 7.86. The lowest BCUT2D eigenvalue weighted by Gasteiger charge is -2.17. The third-order valence-corrected chi connectivity index (χ3v) is 2.60. The van der Waals surface area contributed by atoms with Gasteiger partial charge in [-0.3, -0.25) is 10.1 Å². The first-order valence-electron chi connectivity index (χ1n) is 5.03. The quantitative estimate of drug-likeness (QED) is 0.484. The average Bonchev–Trinajstić information content (AvgIpc) is 2.38. The summed E-state index contributed by atoms with van der Waals surface area (Å²) in [5.41, 5.74) is 0.679. The van der Waals surface area contributed by atoms with Gasteiger partial charge in [-0.05, 0) is 6.07 Å². The highest BCUT2D eigenvalue weighted by molar-refractivity contribution is 6.29. The molecular formula is C11H9ClN4O2. The van der Waals surface area contributed by atoms with Gasteiger partial charge in [-0.2, -0.15) is 0 Å². The van der Waals surface area contributed by atoms with Gasteiger partial charge < -0.3 is 4.90 Å². The average molecular weight is 265 g/mol. The SMILES string of the molecule is CN(c1cccc([N+](=O)[O-])c1)c1cc(Cl)ncn1. The molecule has 2 aromatic rings. The van der Waals surface area contributed by atoms with Gasteiger partial charge in [0.05, 0.1) is 4.92 Å². The Bertz CT molecular complexity index is 591. The first-order valence-corrected chi connectivity index (χ1v) is 5.41. The van der Waals surface area contributed by atoms with Crippen molar-refractivity contribution in [1.29, 1.82) is 0 Å².